The van der Waals surface area contributed by atoms with Gasteiger partial charge in [-0.1, -0.05) is 20.8 Å². The highest BCUT2D eigenvalue weighted by Gasteiger charge is 2.21. The molecule has 0 amide bonds. The van der Waals surface area contributed by atoms with Gasteiger partial charge in [-0.25, -0.2) is 4.98 Å². The van der Waals surface area contributed by atoms with Crippen LogP contribution in [0.2, 0.25) is 0 Å². The van der Waals surface area contributed by atoms with Crippen LogP contribution in [0, 0.1) is 0 Å². The minimum absolute atomic E-state index is 0.0828. The zero-order valence-electron chi connectivity index (χ0n) is 11.4. The van der Waals surface area contributed by atoms with Crippen LogP contribution in [0.25, 0.3) is 0 Å². The summed E-state index contributed by atoms with van der Waals surface area (Å²) < 4.78 is 1.89. The summed E-state index contributed by atoms with van der Waals surface area (Å²) in [6.45, 7) is 8.23. The van der Waals surface area contributed by atoms with Gasteiger partial charge in [0, 0.05) is 48.9 Å². The van der Waals surface area contributed by atoms with E-state index in [1.54, 1.807) is 11.3 Å². The molecular formula is C13H20N4S. The van der Waals surface area contributed by atoms with Gasteiger partial charge in [-0.3, -0.25) is 4.68 Å². The van der Waals surface area contributed by atoms with Crippen LogP contribution in [0.3, 0.4) is 0 Å². The molecule has 0 aliphatic rings. The Morgan fingerprint density at radius 1 is 1.33 bits per heavy atom. The molecule has 0 saturated carbocycles. The number of nitrogens with zero attached hydrogens (tertiary/aromatic N) is 3. The maximum Gasteiger partial charge on any atom is 0.106 e. The Labute approximate surface area is 112 Å². The molecule has 5 heteroatoms. The molecule has 0 unspecified atom stereocenters. The zero-order chi connectivity index (χ0) is 13.2. The van der Waals surface area contributed by atoms with Gasteiger partial charge in [0.1, 0.15) is 5.01 Å². The zero-order valence-corrected chi connectivity index (χ0v) is 12.2. The molecule has 98 valence electrons. The summed E-state index contributed by atoms with van der Waals surface area (Å²) >= 11 is 1.68. The molecule has 2 rings (SSSR count). The topological polar surface area (TPSA) is 42.7 Å². The third-order valence-electron chi connectivity index (χ3n) is 2.69. The van der Waals surface area contributed by atoms with Gasteiger partial charge in [0.25, 0.3) is 0 Å². The lowest BCUT2D eigenvalue weighted by atomic mass is 9.89. The fourth-order valence-corrected chi connectivity index (χ4v) is 2.53. The Balaban J connectivity index is 2.01. The maximum absolute atomic E-state index is 4.56. The van der Waals surface area contributed by atoms with Crippen LogP contribution < -0.4 is 5.32 Å². The molecule has 18 heavy (non-hydrogen) atoms. The monoisotopic (exact) mass is 264 g/mol. The Bertz CT molecular complexity index is 494. The van der Waals surface area contributed by atoms with Crippen molar-refractivity contribution in [2.75, 3.05) is 0 Å². The van der Waals surface area contributed by atoms with Crippen molar-refractivity contribution in [3.05, 3.63) is 34.0 Å². The van der Waals surface area contributed by atoms with Crippen LogP contribution >= 0.6 is 11.3 Å². The second-order valence-corrected chi connectivity index (χ2v) is 6.44. The highest BCUT2D eigenvalue weighted by Crippen LogP contribution is 2.24. The third kappa shape index (κ3) is 3.17. The summed E-state index contributed by atoms with van der Waals surface area (Å²) in [4.78, 5) is 4.26. The summed E-state index contributed by atoms with van der Waals surface area (Å²) in [6.07, 6.45) is 3.93. The Morgan fingerprint density at radius 3 is 2.72 bits per heavy atom. The smallest absolute Gasteiger partial charge is 0.106 e. The van der Waals surface area contributed by atoms with Gasteiger partial charge in [0.05, 0.1) is 5.69 Å². The molecule has 0 aliphatic heterocycles. The van der Waals surface area contributed by atoms with Gasteiger partial charge >= 0.3 is 0 Å². The lowest BCUT2D eigenvalue weighted by Gasteiger charge is -2.17. The fraction of sp³-hybridized carbons (Fsp3) is 0.538. The van der Waals surface area contributed by atoms with Gasteiger partial charge < -0.3 is 5.32 Å². The van der Waals surface area contributed by atoms with E-state index in [0.29, 0.717) is 0 Å². The van der Waals surface area contributed by atoms with Crippen molar-refractivity contribution in [3.8, 4) is 0 Å². The van der Waals surface area contributed by atoms with Crippen LogP contribution in [0.5, 0.6) is 0 Å². The van der Waals surface area contributed by atoms with Gasteiger partial charge in [0.15, 0.2) is 0 Å². The first-order valence-corrected chi connectivity index (χ1v) is 6.97. The molecule has 2 aromatic rings. The molecule has 2 aromatic heterocycles. The Kier molecular flexibility index (Phi) is 3.82. The SMILES string of the molecule is Cn1cc(CNCc2nccs2)c(C(C)(C)C)n1. The largest absolute Gasteiger partial charge is 0.306 e. The van der Waals surface area contributed by atoms with Gasteiger partial charge in [-0.05, 0) is 0 Å². The van der Waals surface area contributed by atoms with Gasteiger partial charge in [-0.2, -0.15) is 5.10 Å². The number of rotatable bonds is 4. The van der Waals surface area contributed by atoms with Crippen molar-refractivity contribution in [3.63, 3.8) is 0 Å². The van der Waals surface area contributed by atoms with E-state index >= 15 is 0 Å². The average molecular weight is 264 g/mol. The van der Waals surface area contributed by atoms with Crippen molar-refractivity contribution in [2.24, 2.45) is 7.05 Å². The van der Waals surface area contributed by atoms with Gasteiger partial charge in [-0.15, -0.1) is 11.3 Å². The molecule has 4 nitrogen and oxygen atoms in total. The van der Waals surface area contributed by atoms with Crippen molar-refractivity contribution < 1.29 is 0 Å². The van der Waals surface area contributed by atoms with E-state index in [0.717, 1.165) is 23.8 Å². The predicted molar refractivity (Wildman–Crippen MR) is 74.6 cm³/mol. The first-order valence-electron chi connectivity index (χ1n) is 6.09. The molecule has 0 spiro atoms. The van der Waals surface area contributed by atoms with E-state index in [4.69, 9.17) is 0 Å². The number of aromatic nitrogens is 3. The molecule has 0 radical (unpaired) electrons. The van der Waals surface area contributed by atoms with E-state index in [1.807, 2.05) is 23.3 Å². The van der Waals surface area contributed by atoms with E-state index in [2.05, 4.69) is 42.4 Å². The predicted octanol–water partition coefficient (Wildman–Crippen LogP) is 2.46. The highest BCUT2D eigenvalue weighted by atomic mass is 32.1. The number of hydrogen-bond acceptors (Lipinski definition) is 4. The van der Waals surface area contributed by atoms with E-state index in [1.165, 1.54) is 5.56 Å². The third-order valence-corrected chi connectivity index (χ3v) is 3.47. The Hall–Kier alpha value is -1.20. The number of nitrogens with one attached hydrogen (secondary N) is 1. The molecule has 0 atom stereocenters. The molecule has 0 aliphatic carbocycles. The summed E-state index contributed by atoms with van der Waals surface area (Å²) in [7, 11) is 1.97. The quantitative estimate of drug-likeness (QED) is 0.922. The van der Waals surface area contributed by atoms with E-state index < -0.39 is 0 Å². The molecule has 0 fully saturated rings. The normalized spacial score (nSPS) is 12.0. The van der Waals surface area contributed by atoms with E-state index in [-0.39, 0.29) is 5.41 Å². The average Bonchev–Trinajstić information content (AvgIpc) is 2.87. The molecule has 1 N–H and O–H groups in total. The summed E-state index contributed by atoms with van der Waals surface area (Å²) in [5.74, 6) is 0. The second kappa shape index (κ2) is 5.20. The number of hydrogen-bond donors (Lipinski definition) is 1. The Morgan fingerprint density at radius 2 is 2.11 bits per heavy atom. The summed E-state index contributed by atoms with van der Waals surface area (Å²) in [6, 6.07) is 0. The second-order valence-electron chi connectivity index (χ2n) is 5.46. The van der Waals surface area contributed by atoms with E-state index in [9.17, 15) is 0 Å². The molecule has 0 bridgehead atoms. The minimum atomic E-state index is 0.0828. The highest BCUT2D eigenvalue weighted by molar-refractivity contribution is 7.09. The molecular weight excluding hydrogens is 244 g/mol. The van der Waals surface area contributed by atoms with Crippen molar-refractivity contribution in [1.82, 2.24) is 20.1 Å². The van der Waals surface area contributed by atoms with Crippen molar-refractivity contribution >= 4 is 11.3 Å². The lowest BCUT2D eigenvalue weighted by molar-refractivity contribution is 0.543. The van der Waals surface area contributed by atoms with Crippen LogP contribution in [-0.2, 0) is 25.6 Å². The summed E-state index contributed by atoms with van der Waals surface area (Å²) in [5, 5.41) is 11.1. The van der Waals surface area contributed by atoms with Crippen LogP contribution in [0.15, 0.2) is 17.8 Å². The van der Waals surface area contributed by atoms with Crippen LogP contribution in [0.4, 0.5) is 0 Å². The van der Waals surface area contributed by atoms with Crippen molar-refractivity contribution in [2.45, 2.75) is 39.3 Å². The number of aryl methyl sites for hydroxylation is 1. The first-order chi connectivity index (χ1) is 8.47. The van der Waals surface area contributed by atoms with Gasteiger partial charge in [0.2, 0.25) is 0 Å². The fourth-order valence-electron chi connectivity index (χ4n) is 1.94. The standard InChI is InChI=1S/C13H20N4S/c1-13(2,3)12-10(9-17(4)16-12)7-14-8-11-15-5-6-18-11/h5-6,9,14H,7-8H2,1-4H3. The first kappa shape index (κ1) is 13.2. The minimum Gasteiger partial charge on any atom is -0.306 e. The molecule has 0 aromatic carbocycles. The number of thiazole rings is 1. The summed E-state index contributed by atoms with van der Waals surface area (Å²) in [5.41, 5.74) is 2.51. The molecule has 2 heterocycles. The molecule has 0 saturated heterocycles. The van der Waals surface area contributed by atoms with Crippen molar-refractivity contribution in [1.29, 1.82) is 0 Å². The lowest BCUT2D eigenvalue weighted by Crippen LogP contribution is -2.19. The maximum atomic E-state index is 4.56. The van der Waals surface area contributed by atoms with Crippen LogP contribution in [-0.4, -0.2) is 14.8 Å². The van der Waals surface area contributed by atoms with Crippen LogP contribution in [0.1, 0.15) is 37.0 Å².